The Morgan fingerprint density at radius 2 is 2.06 bits per heavy atom. The molecule has 2 aliphatic carbocycles. The number of hydrogen-bond acceptors (Lipinski definition) is 3. The van der Waals surface area contributed by atoms with Crippen molar-refractivity contribution in [3.05, 3.63) is 0 Å². The summed E-state index contributed by atoms with van der Waals surface area (Å²) in [5.41, 5.74) is 0. The zero-order valence-electron chi connectivity index (χ0n) is 10.0. The molecule has 2 rings (SSSR count). The highest BCUT2D eigenvalue weighted by molar-refractivity contribution is 7.99. The van der Waals surface area contributed by atoms with Gasteiger partial charge in [-0.1, -0.05) is 6.92 Å². The van der Waals surface area contributed by atoms with Crippen LogP contribution in [-0.4, -0.2) is 34.0 Å². The predicted octanol–water partition coefficient (Wildman–Crippen LogP) is 1.50. The minimum Gasteiger partial charge on any atom is -0.481 e. The first-order valence-electron chi connectivity index (χ1n) is 6.26. The summed E-state index contributed by atoms with van der Waals surface area (Å²) in [6, 6.07) is 0.265. The van der Waals surface area contributed by atoms with Crippen molar-refractivity contribution in [1.82, 2.24) is 5.32 Å². The third-order valence-corrected chi connectivity index (χ3v) is 4.81. The molecule has 0 bridgehead atoms. The van der Waals surface area contributed by atoms with E-state index < -0.39 is 11.9 Å². The predicted molar refractivity (Wildman–Crippen MR) is 66.9 cm³/mol. The van der Waals surface area contributed by atoms with Gasteiger partial charge in [0, 0.05) is 11.3 Å². The fourth-order valence-corrected chi connectivity index (χ4v) is 3.67. The molecule has 0 aromatic heterocycles. The van der Waals surface area contributed by atoms with Crippen molar-refractivity contribution in [2.45, 2.75) is 43.9 Å². The maximum absolute atomic E-state index is 11.8. The van der Waals surface area contributed by atoms with Crippen LogP contribution < -0.4 is 5.32 Å². The molecule has 2 N–H and O–H groups in total. The van der Waals surface area contributed by atoms with Crippen molar-refractivity contribution in [3.63, 3.8) is 0 Å². The Labute approximate surface area is 106 Å². The Hall–Kier alpha value is -0.710. The van der Waals surface area contributed by atoms with Gasteiger partial charge in [0.15, 0.2) is 0 Å². The number of aliphatic carboxylic acids is 1. The maximum Gasteiger partial charge on any atom is 0.307 e. The van der Waals surface area contributed by atoms with Crippen LogP contribution in [0, 0.1) is 11.8 Å². The molecule has 4 unspecified atom stereocenters. The quantitative estimate of drug-likeness (QED) is 0.783. The van der Waals surface area contributed by atoms with E-state index in [-0.39, 0.29) is 17.9 Å². The van der Waals surface area contributed by atoms with Gasteiger partial charge >= 0.3 is 5.97 Å². The number of amides is 1. The molecule has 2 saturated carbocycles. The number of carboxylic acid groups (broad SMARTS) is 1. The number of hydrogen-bond donors (Lipinski definition) is 2. The first-order valence-corrected chi connectivity index (χ1v) is 7.31. The lowest BCUT2D eigenvalue weighted by molar-refractivity contribution is -0.140. The maximum atomic E-state index is 11.8. The standard InChI is InChI=1S/C12H19NO3S/c1-2-17-8-4-3-7(5-8)13-11(14)9-6-10(9)12(15)16/h7-10H,2-6H2,1H3,(H,13,14)(H,15,16). The second-order valence-electron chi connectivity index (χ2n) is 4.88. The molecule has 0 aromatic rings. The van der Waals surface area contributed by atoms with Gasteiger partial charge in [0.1, 0.15) is 0 Å². The lowest BCUT2D eigenvalue weighted by Gasteiger charge is -2.12. The van der Waals surface area contributed by atoms with E-state index in [1.165, 1.54) is 0 Å². The summed E-state index contributed by atoms with van der Waals surface area (Å²) in [7, 11) is 0. The highest BCUT2D eigenvalue weighted by atomic mass is 32.2. The topological polar surface area (TPSA) is 66.4 Å². The van der Waals surface area contributed by atoms with E-state index in [0.29, 0.717) is 11.7 Å². The fraction of sp³-hybridized carbons (Fsp3) is 0.833. The zero-order chi connectivity index (χ0) is 12.4. The van der Waals surface area contributed by atoms with Gasteiger partial charge in [-0.05, 0) is 31.4 Å². The SMILES string of the molecule is CCSC1CCC(NC(=O)C2CC2C(=O)O)C1. The molecule has 96 valence electrons. The van der Waals surface area contributed by atoms with Crippen molar-refractivity contribution in [1.29, 1.82) is 0 Å². The smallest absolute Gasteiger partial charge is 0.307 e. The van der Waals surface area contributed by atoms with Crippen LogP contribution in [-0.2, 0) is 9.59 Å². The number of nitrogens with one attached hydrogen (secondary N) is 1. The van der Waals surface area contributed by atoms with Crippen LogP contribution in [0.4, 0.5) is 0 Å². The van der Waals surface area contributed by atoms with Crippen LogP contribution in [0.3, 0.4) is 0 Å². The second kappa shape index (κ2) is 5.29. The van der Waals surface area contributed by atoms with Crippen LogP contribution in [0.1, 0.15) is 32.6 Å². The highest BCUT2D eigenvalue weighted by Gasteiger charge is 2.48. The normalized spacial score (nSPS) is 35.6. The number of carboxylic acids is 1. The van der Waals surface area contributed by atoms with Crippen LogP contribution in [0.5, 0.6) is 0 Å². The largest absolute Gasteiger partial charge is 0.481 e. The third-order valence-electron chi connectivity index (χ3n) is 3.58. The molecule has 0 spiro atoms. The Morgan fingerprint density at radius 3 is 2.65 bits per heavy atom. The number of thioether (sulfide) groups is 1. The average Bonchev–Trinajstić information content (AvgIpc) is 2.97. The molecule has 2 fully saturated rings. The number of carbonyl (C=O) groups excluding carboxylic acids is 1. The first kappa shape index (κ1) is 12.7. The zero-order valence-corrected chi connectivity index (χ0v) is 10.8. The molecule has 0 aliphatic heterocycles. The van der Waals surface area contributed by atoms with Gasteiger partial charge in [-0.3, -0.25) is 9.59 Å². The lowest BCUT2D eigenvalue weighted by atomic mass is 10.2. The van der Waals surface area contributed by atoms with Crippen LogP contribution in [0.25, 0.3) is 0 Å². The second-order valence-corrected chi connectivity index (χ2v) is 6.46. The molecular formula is C12H19NO3S. The molecule has 4 nitrogen and oxygen atoms in total. The van der Waals surface area contributed by atoms with Crippen molar-refractivity contribution in [3.8, 4) is 0 Å². The Morgan fingerprint density at radius 1 is 1.29 bits per heavy atom. The summed E-state index contributed by atoms with van der Waals surface area (Å²) in [6.45, 7) is 2.15. The molecule has 0 aromatic carbocycles. The Bertz CT molecular complexity index is 321. The fourth-order valence-electron chi connectivity index (χ4n) is 2.52. The van der Waals surface area contributed by atoms with E-state index in [9.17, 15) is 9.59 Å². The monoisotopic (exact) mass is 257 g/mol. The van der Waals surface area contributed by atoms with Gasteiger partial charge < -0.3 is 10.4 Å². The van der Waals surface area contributed by atoms with Gasteiger partial charge in [0.25, 0.3) is 0 Å². The van der Waals surface area contributed by atoms with Crippen molar-refractivity contribution in [2.75, 3.05) is 5.75 Å². The van der Waals surface area contributed by atoms with Crippen LogP contribution in [0.2, 0.25) is 0 Å². The van der Waals surface area contributed by atoms with Crippen molar-refractivity contribution in [2.24, 2.45) is 11.8 Å². The van der Waals surface area contributed by atoms with Crippen LogP contribution in [0.15, 0.2) is 0 Å². The molecule has 0 radical (unpaired) electrons. The average molecular weight is 257 g/mol. The lowest BCUT2D eigenvalue weighted by Crippen LogP contribution is -2.35. The van der Waals surface area contributed by atoms with E-state index in [0.717, 1.165) is 25.0 Å². The van der Waals surface area contributed by atoms with Gasteiger partial charge in [-0.15, -0.1) is 0 Å². The Balaban J connectivity index is 1.72. The summed E-state index contributed by atoms with van der Waals surface area (Å²) >= 11 is 1.95. The van der Waals surface area contributed by atoms with E-state index in [1.54, 1.807) is 0 Å². The molecule has 0 saturated heterocycles. The van der Waals surface area contributed by atoms with Crippen molar-refractivity contribution >= 4 is 23.6 Å². The van der Waals surface area contributed by atoms with Gasteiger partial charge in [0.05, 0.1) is 11.8 Å². The first-order chi connectivity index (χ1) is 8.11. The Kier molecular flexibility index (Phi) is 3.97. The summed E-state index contributed by atoms with van der Waals surface area (Å²) in [5.74, 6) is -0.474. The minimum absolute atomic E-state index is 0.0513. The van der Waals surface area contributed by atoms with Gasteiger partial charge in [-0.2, -0.15) is 11.8 Å². The van der Waals surface area contributed by atoms with Gasteiger partial charge in [-0.25, -0.2) is 0 Å². The van der Waals surface area contributed by atoms with Gasteiger partial charge in [0.2, 0.25) is 5.91 Å². The molecule has 17 heavy (non-hydrogen) atoms. The molecular weight excluding hydrogens is 238 g/mol. The molecule has 1 amide bonds. The van der Waals surface area contributed by atoms with E-state index in [1.807, 2.05) is 11.8 Å². The van der Waals surface area contributed by atoms with Crippen molar-refractivity contribution < 1.29 is 14.7 Å². The molecule has 2 aliphatic rings. The summed E-state index contributed by atoms with van der Waals surface area (Å²) < 4.78 is 0. The van der Waals surface area contributed by atoms with E-state index >= 15 is 0 Å². The van der Waals surface area contributed by atoms with Crippen LogP contribution >= 0.6 is 11.8 Å². The number of rotatable bonds is 5. The summed E-state index contributed by atoms with van der Waals surface area (Å²) in [4.78, 5) is 22.4. The summed E-state index contributed by atoms with van der Waals surface area (Å²) in [5, 5.41) is 12.4. The molecule has 5 heteroatoms. The summed E-state index contributed by atoms with van der Waals surface area (Å²) in [6.07, 6.45) is 3.75. The third kappa shape index (κ3) is 3.15. The van der Waals surface area contributed by atoms with E-state index in [4.69, 9.17) is 5.11 Å². The molecule has 4 atom stereocenters. The minimum atomic E-state index is -0.837. The molecule has 0 heterocycles. The van der Waals surface area contributed by atoms with E-state index in [2.05, 4.69) is 12.2 Å². The number of carbonyl (C=O) groups is 2. The highest BCUT2D eigenvalue weighted by Crippen LogP contribution is 2.39.